The molecule has 0 radical (unpaired) electrons. The van der Waals surface area contributed by atoms with Crippen molar-refractivity contribution in [1.82, 2.24) is 9.88 Å². The molecule has 112 valence electrons. The molecule has 1 heterocycles. The summed E-state index contributed by atoms with van der Waals surface area (Å²) in [6.07, 6.45) is 1.93. The summed E-state index contributed by atoms with van der Waals surface area (Å²) in [5, 5.41) is 3.05. The van der Waals surface area contributed by atoms with Gasteiger partial charge in [-0.2, -0.15) is 0 Å². The minimum Gasteiger partial charge on any atom is -0.344 e. The van der Waals surface area contributed by atoms with Crippen molar-refractivity contribution in [3.63, 3.8) is 0 Å². The number of nitrogens with zero attached hydrogens (tertiary/aromatic N) is 1. The molecule has 0 fully saturated rings. The van der Waals surface area contributed by atoms with E-state index in [0.717, 1.165) is 14.5 Å². The number of amides is 1. The predicted molar refractivity (Wildman–Crippen MR) is 92.5 cm³/mol. The number of halogens is 2. The van der Waals surface area contributed by atoms with Gasteiger partial charge in [0.2, 0.25) is 0 Å². The molecule has 0 aliphatic rings. The van der Waals surface area contributed by atoms with Crippen LogP contribution in [0.1, 0.15) is 48.9 Å². The molecule has 0 saturated carbocycles. The maximum atomic E-state index is 12.5. The monoisotopic (exact) mass is 412 g/mol. The highest BCUT2D eigenvalue weighted by Crippen LogP contribution is 2.21. The Labute approximate surface area is 142 Å². The Bertz CT molecular complexity index is 649. The van der Waals surface area contributed by atoms with Gasteiger partial charge in [-0.25, -0.2) is 0 Å². The molecule has 5 heteroatoms. The molecular weight excluding hydrogens is 396 g/mol. The topological polar surface area (TPSA) is 34.0 Å². The van der Waals surface area contributed by atoms with E-state index in [1.807, 2.05) is 48.0 Å². The van der Waals surface area contributed by atoms with E-state index in [2.05, 4.69) is 51.0 Å². The summed E-state index contributed by atoms with van der Waals surface area (Å²) in [7, 11) is 0. The molecule has 1 amide bonds. The minimum atomic E-state index is -0.0677. The Balaban J connectivity index is 2.18. The van der Waals surface area contributed by atoms with Crippen LogP contribution >= 0.6 is 31.9 Å². The third-order valence-electron chi connectivity index (χ3n) is 3.30. The molecule has 21 heavy (non-hydrogen) atoms. The lowest BCUT2D eigenvalue weighted by Gasteiger charge is -2.17. The number of hydrogen-bond donors (Lipinski definition) is 1. The molecule has 0 bridgehead atoms. The second-order valence-corrected chi connectivity index (χ2v) is 7.13. The summed E-state index contributed by atoms with van der Waals surface area (Å²) in [5.41, 5.74) is 1.73. The summed E-state index contributed by atoms with van der Waals surface area (Å²) in [6.45, 7) is 6.10. The first kappa shape index (κ1) is 16.3. The molecule has 2 aromatic rings. The third kappa shape index (κ3) is 3.98. The van der Waals surface area contributed by atoms with Crippen LogP contribution in [0, 0.1) is 0 Å². The fourth-order valence-electron chi connectivity index (χ4n) is 2.18. The maximum Gasteiger partial charge on any atom is 0.268 e. The van der Waals surface area contributed by atoms with Crippen LogP contribution in [-0.2, 0) is 0 Å². The molecular formula is C16H18Br2N2O. The van der Waals surface area contributed by atoms with Crippen LogP contribution in [0.4, 0.5) is 0 Å². The molecule has 1 unspecified atom stereocenters. The lowest BCUT2D eigenvalue weighted by atomic mass is 10.1. The van der Waals surface area contributed by atoms with Gasteiger partial charge in [0.15, 0.2) is 0 Å². The molecule has 1 aromatic heterocycles. The molecule has 0 saturated heterocycles. The van der Waals surface area contributed by atoms with Gasteiger partial charge >= 0.3 is 0 Å². The van der Waals surface area contributed by atoms with Crippen LogP contribution in [0.3, 0.4) is 0 Å². The van der Waals surface area contributed by atoms with Gasteiger partial charge in [-0.15, -0.1) is 0 Å². The standard InChI is InChI=1S/C16H18Br2N2O/c1-10(2)20-9-14(18)8-15(20)16(21)19-11(3)12-5-4-6-13(17)7-12/h4-11H,1-3H3,(H,19,21). The number of aromatic nitrogens is 1. The van der Waals surface area contributed by atoms with Crippen molar-refractivity contribution >= 4 is 37.8 Å². The van der Waals surface area contributed by atoms with E-state index in [1.54, 1.807) is 0 Å². The van der Waals surface area contributed by atoms with Gasteiger partial charge in [-0.05, 0) is 60.5 Å². The van der Waals surface area contributed by atoms with E-state index < -0.39 is 0 Å². The van der Waals surface area contributed by atoms with E-state index >= 15 is 0 Å². The summed E-state index contributed by atoms with van der Waals surface area (Å²) in [4.78, 5) is 12.5. The summed E-state index contributed by atoms with van der Waals surface area (Å²) >= 11 is 6.89. The average molecular weight is 414 g/mol. The van der Waals surface area contributed by atoms with Crippen molar-refractivity contribution in [3.05, 3.63) is 56.7 Å². The Kier molecular flexibility index (Phi) is 5.27. The number of nitrogens with one attached hydrogen (secondary N) is 1. The number of carbonyl (C=O) groups excluding carboxylic acids is 1. The Morgan fingerprint density at radius 1 is 1.14 bits per heavy atom. The highest BCUT2D eigenvalue weighted by atomic mass is 79.9. The number of benzene rings is 1. The zero-order chi connectivity index (χ0) is 15.6. The molecule has 2 rings (SSSR count). The third-order valence-corrected chi connectivity index (χ3v) is 4.23. The van der Waals surface area contributed by atoms with Crippen LogP contribution in [-0.4, -0.2) is 10.5 Å². The van der Waals surface area contributed by atoms with E-state index in [1.165, 1.54) is 0 Å². The normalized spacial score (nSPS) is 12.5. The van der Waals surface area contributed by atoms with Crippen LogP contribution < -0.4 is 5.32 Å². The van der Waals surface area contributed by atoms with Crippen molar-refractivity contribution in [2.75, 3.05) is 0 Å². The van der Waals surface area contributed by atoms with Crippen molar-refractivity contribution < 1.29 is 4.79 Å². The van der Waals surface area contributed by atoms with E-state index in [4.69, 9.17) is 0 Å². The van der Waals surface area contributed by atoms with E-state index in [9.17, 15) is 4.79 Å². The minimum absolute atomic E-state index is 0.0516. The number of hydrogen-bond acceptors (Lipinski definition) is 1. The van der Waals surface area contributed by atoms with Gasteiger partial charge in [0.25, 0.3) is 5.91 Å². The molecule has 1 aromatic carbocycles. The molecule has 0 aliphatic heterocycles. The first-order valence-electron chi connectivity index (χ1n) is 6.82. The molecule has 1 N–H and O–H groups in total. The van der Waals surface area contributed by atoms with Crippen molar-refractivity contribution in [3.8, 4) is 0 Å². The lowest BCUT2D eigenvalue weighted by Crippen LogP contribution is -2.28. The van der Waals surface area contributed by atoms with Gasteiger partial charge < -0.3 is 9.88 Å². The van der Waals surface area contributed by atoms with Gasteiger partial charge in [-0.3, -0.25) is 4.79 Å². The lowest BCUT2D eigenvalue weighted by molar-refractivity contribution is 0.0929. The highest BCUT2D eigenvalue weighted by molar-refractivity contribution is 9.10. The number of carbonyl (C=O) groups is 1. The van der Waals surface area contributed by atoms with E-state index in [-0.39, 0.29) is 18.0 Å². The summed E-state index contributed by atoms with van der Waals surface area (Å²) < 4.78 is 3.89. The van der Waals surface area contributed by atoms with Crippen molar-refractivity contribution in [1.29, 1.82) is 0 Å². The summed E-state index contributed by atoms with van der Waals surface area (Å²) in [6, 6.07) is 10.00. The molecule has 0 spiro atoms. The van der Waals surface area contributed by atoms with Crippen LogP contribution in [0.2, 0.25) is 0 Å². The largest absolute Gasteiger partial charge is 0.344 e. The van der Waals surface area contributed by atoms with Gasteiger partial charge in [0.05, 0.1) is 6.04 Å². The van der Waals surface area contributed by atoms with Crippen LogP contribution in [0.15, 0.2) is 45.5 Å². The first-order chi connectivity index (χ1) is 9.88. The Morgan fingerprint density at radius 2 is 1.86 bits per heavy atom. The average Bonchev–Trinajstić information content (AvgIpc) is 2.81. The Morgan fingerprint density at radius 3 is 2.48 bits per heavy atom. The zero-order valence-electron chi connectivity index (χ0n) is 12.2. The second-order valence-electron chi connectivity index (χ2n) is 5.29. The van der Waals surface area contributed by atoms with Gasteiger partial charge in [0.1, 0.15) is 5.69 Å². The van der Waals surface area contributed by atoms with Crippen LogP contribution in [0.25, 0.3) is 0 Å². The number of rotatable bonds is 4. The van der Waals surface area contributed by atoms with Crippen molar-refractivity contribution in [2.24, 2.45) is 0 Å². The second kappa shape index (κ2) is 6.79. The molecule has 0 aliphatic carbocycles. The quantitative estimate of drug-likeness (QED) is 0.744. The summed E-state index contributed by atoms with van der Waals surface area (Å²) in [5.74, 6) is -0.0677. The van der Waals surface area contributed by atoms with Gasteiger partial charge in [0, 0.05) is 21.2 Å². The maximum absolute atomic E-state index is 12.5. The van der Waals surface area contributed by atoms with Crippen LogP contribution in [0.5, 0.6) is 0 Å². The fourth-order valence-corrected chi connectivity index (χ4v) is 3.04. The first-order valence-corrected chi connectivity index (χ1v) is 8.40. The highest BCUT2D eigenvalue weighted by Gasteiger charge is 2.17. The smallest absolute Gasteiger partial charge is 0.268 e. The predicted octanol–water partition coefficient (Wildman–Crippen LogP) is 5.09. The van der Waals surface area contributed by atoms with E-state index in [0.29, 0.717) is 5.69 Å². The van der Waals surface area contributed by atoms with Gasteiger partial charge in [-0.1, -0.05) is 28.1 Å². The Hall–Kier alpha value is -1.07. The SMILES string of the molecule is CC(NC(=O)c1cc(Br)cn1C(C)C)c1cccc(Br)c1. The van der Waals surface area contributed by atoms with Crippen molar-refractivity contribution in [2.45, 2.75) is 32.9 Å². The fraction of sp³-hybridized carbons (Fsp3) is 0.312. The molecule has 1 atom stereocenters. The zero-order valence-corrected chi connectivity index (χ0v) is 15.4. The molecule has 3 nitrogen and oxygen atoms in total.